The number of aromatic amines is 1. The van der Waals surface area contributed by atoms with Crippen LogP contribution >= 0.6 is 11.6 Å². The molecule has 1 aliphatic rings. The molecular formula is C11H10ClN3O3. The lowest BCUT2D eigenvalue weighted by Crippen LogP contribution is -2.16. The van der Waals surface area contributed by atoms with Crippen LogP contribution in [0.25, 0.3) is 11.1 Å². The van der Waals surface area contributed by atoms with Crippen molar-refractivity contribution in [2.24, 2.45) is 0 Å². The second kappa shape index (κ2) is 3.99. The molecule has 6 nitrogen and oxygen atoms in total. The van der Waals surface area contributed by atoms with Crippen LogP contribution in [0, 0.1) is 0 Å². The molecule has 1 aromatic heterocycles. The number of ether oxygens (including phenoxy) is 2. The largest absolute Gasteiger partial charge is 0.506 e. The first-order valence-corrected chi connectivity index (χ1v) is 5.66. The second-order valence-corrected chi connectivity index (χ2v) is 4.18. The van der Waals surface area contributed by atoms with Gasteiger partial charge in [-0.15, -0.1) is 0 Å². The summed E-state index contributed by atoms with van der Waals surface area (Å²) >= 11 is 6.11. The van der Waals surface area contributed by atoms with Crippen LogP contribution in [0.5, 0.6) is 17.2 Å². The summed E-state index contributed by atoms with van der Waals surface area (Å²) in [7, 11) is 0. The standard InChI is InChI=1S/C11H10ClN3O3/c12-9-6(16)3-7-10(18-2-1-17-7)8(9)5-4-14-15-11(5)13/h3-4,16H,1-2H2,(H3,13,14,15). The van der Waals surface area contributed by atoms with Gasteiger partial charge >= 0.3 is 0 Å². The quantitative estimate of drug-likeness (QED) is 0.732. The van der Waals surface area contributed by atoms with Crippen molar-refractivity contribution in [2.75, 3.05) is 18.9 Å². The van der Waals surface area contributed by atoms with Gasteiger partial charge in [0, 0.05) is 11.6 Å². The molecule has 7 heteroatoms. The summed E-state index contributed by atoms with van der Waals surface area (Å²) in [5.41, 5.74) is 6.82. The molecule has 3 rings (SSSR count). The van der Waals surface area contributed by atoms with Gasteiger partial charge in [-0.25, -0.2) is 0 Å². The molecule has 0 fully saturated rings. The highest BCUT2D eigenvalue weighted by Crippen LogP contribution is 2.49. The molecule has 0 spiro atoms. The predicted molar refractivity (Wildman–Crippen MR) is 66.1 cm³/mol. The van der Waals surface area contributed by atoms with Crippen molar-refractivity contribution in [3.8, 4) is 28.4 Å². The van der Waals surface area contributed by atoms with Gasteiger partial charge in [0.2, 0.25) is 0 Å². The zero-order chi connectivity index (χ0) is 12.7. The molecule has 0 radical (unpaired) electrons. The highest BCUT2D eigenvalue weighted by atomic mass is 35.5. The number of nitrogen functional groups attached to an aromatic ring is 1. The molecule has 0 atom stereocenters. The van der Waals surface area contributed by atoms with Gasteiger partial charge in [0.25, 0.3) is 0 Å². The van der Waals surface area contributed by atoms with Crippen LogP contribution in [0.2, 0.25) is 5.02 Å². The average Bonchev–Trinajstić information content (AvgIpc) is 2.77. The van der Waals surface area contributed by atoms with Crippen LogP contribution in [0.15, 0.2) is 12.3 Å². The minimum Gasteiger partial charge on any atom is -0.506 e. The number of hydrogen-bond donors (Lipinski definition) is 3. The highest BCUT2D eigenvalue weighted by molar-refractivity contribution is 6.35. The van der Waals surface area contributed by atoms with Crippen LogP contribution in [0.3, 0.4) is 0 Å². The molecule has 0 saturated carbocycles. The predicted octanol–water partition coefficient (Wildman–Crippen LogP) is 1.79. The lowest BCUT2D eigenvalue weighted by molar-refractivity contribution is 0.172. The minimum absolute atomic E-state index is 0.0866. The topological polar surface area (TPSA) is 93.4 Å². The second-order valence-electron chi connectivity index (χ2n) is 3.81. The van der Waals surface area contributed by atoms with Crippen LogP contribution in [0.1, 0.15) is 0 Å². The number of H-pyrrole nitrogens is 1. The van der Waals surface area contributed by atoms with Crippen molar-refractivity contribution in [2.45, 2.75) is 0 Å². The number of aromatic hydroxyl groups is 1. The van der Waals surface area contributed by atoms with E-state index in [2.05, 4.69) is 10.2 Å². The SMILES string of the molecule is Nc1[nH]ncc1-c1c(Cl)c(O)cc2c1OCCO2. The molecule has 0 bridgehead atoms. The molecule has 0 saturated heterocycles. The zero-order valence-electron chi connectivity index (χ0n) is 9.24. The number of nitrogens with two attached hydrogens (primary N) is 1. The van der Waals surface area contributed by atoms with Gasteiger partial charge in [-0.05, 0) is 0 Å². The molecule has 0 unspecified atom stereocenters. The first-order valence-electron chi connectivity index (χ1n) is 5.28. The number of anilines is 1. The first-order chi connectivity index (χ1) is 8.68. The fourth-order valence-corrected chi connectivity index (χ4v) is 2.13. The molecule has 0 amide bonds. The number of phenolic OH excluding ortho intramolecular Hbond substituents is 1. The Kier molecular flexibility index (Phi) is 2.45. The van der Waals surface area contributed by atoms with E-state index in [0.717, 1.165) is 0 Å². The van der Waals surface area contributed by atoms with Gasteiger partial charge in [-0.1, -0.05) is 11.6 Å². The third-order valence-electron chi connectivity index (χ3n) is 2.69. The third-order valence-corrected chi connectivity index (χ3v) is 3.07. The summed E-state index contributed by atoms with van der Waals surface area (Å²) in [5, 5.41) is 16.4. The van der Waals surface area contributed by atoms with Gasteiger partial charge < -0.3 is 20.3 Å². The van der Waals surface area contributed by atoms with Gasteiger partial charge in [0.1, 0.15) is 24.8 Å². The van der Waals surface area contributed by atoms with Gasteiger partial charge in [-0.2, -0.15) is 5.10 Å². The van der Waals surface area contributed by atoms with E-state index in [4.69, 9.17) is 26.8 Å². The first kappa shape index (κ1) is 11.0. The Bertz CT molecular complexity index is 612. The van der Waals surface area contributed by atoms with E-state index < -0.39 is 0 Å². The Hall–Kier alpha value is -2.08. The molecule has 2 heterocycles. The van der Waals surface area contributed by atoms with Crippen molar-refractivity contribution in [3.05, 3.63) is 17.3 Å². The number of halogens is 1. The van der Waals surface area contributed by atoms with Crippen LogP contribution in [0.4, 0.5) is 5.82 Å². The summed E-state index contributed by atoms with van der Waals surface area (Å²) in [6, 6.07) is 1.43. The number of rotatable bonds is 1. The Morgan fingerprint density at radius 3 is 2.89 bits per heavy atom. The Balaban J connectivity index is 2.30. The van der Waals surface area contributed by atoms with E-state index in [1.807, 2.05) is 0 Å². The van der Waals surface area contributed by atoms with Crippen molar-refractivity contribution in [1.82, 2.24) is 10.2 Å². The number of aromatic nitrogens is 2. The molecule has 2 aromatic rings. The number of benzene rings is 1. The number of hydrogen-bond acceptors (Lipinski definition) is 5. The van der Waals surface area contributed by atoms with E-state index in [9.17, 15) is 5.11 Å². The monoisotopic (exact) mass is 267 g/mol. The lowest BCUT2D eigenvalue weighted by Gasteiger charge is -2.22. The summed E-state index contributed by atoms with van der Waals surface area (Å²) in [6.45, 7) is 0.841. The minimum atomic E-state index is -0.0866. The summed E-state index contributed by atoms with van der Waals surface area (Å²) in [4.78, 5) is 0. The van der Waals surface area contributed by atoms with Crippen LogP contribution < -0.4 is 15.2 Å². The molecular weight excluding hydrogens is 258 g/mol. The fraction of sp³-hybridized carbons (Fsp3) is 0.182. The van der Waals surface area contributed by atoms with E-state index in [0.29, 0.717) is 41.7 Å². The van der Waals surface area contributed by atoms with Gasteiger partial charge in [0.15, 0.2) is 11.5 Å². The molecule has 4 N–H and O–H groups in total. The van der Waals surface area contributed by atoms with Crippen LogP contribution in [-0.2, 0) is 0 Å². The average molecular weight is 268 g/mol. The van der Waals surface area contributed by atoms with Crippen molar-refractivity contribution in [1.29, 1.82) is 0 Å². The Morgan fingerprint density at radius 2 is 2.17 bits per heavy atom. The van der Waals surface area contributed by atoms with Gasteiger partial charge in [0.05, 0.1) is 16.8 Å². The molecule has 94 valence electrons. The number of nitrogens with one attached hydrogen (secondary N) is 1. The molecule has 0 aliphatic carbocycles. The fourth-order valence-electron chi connectivity index (χ4n) is 1.89. The molecule has 1 aliphatic heterocycles. The van der Waals surface area contributed by atoms with Gasteiger partial charge in [-0.3, -0.25) is 5.10 Å². The summed E-state index contributed by atoms with van der Waals surface area (Å²) in [6.07, 6.45) is 1.52. The number of phenols is 1. The maximum Gasteiger partial charge on any atom is 0.171 e. The highest BCUT2D eigenvalue weighted by Gasteiger charge is 2.25. The molecule has 1 aromatic carbocycles. The third kappa shape index (κ3) is 1.53. The lowest BCUT2D eigenvalue weighted by atomic mass is 10.1. The van der Waals surface area contributed by atoms with E-state index >= 15 is 0 Å². The normalized spacial score (nSPS) is 13.6. The Morgan fingerprint density at radius 1 is 1.39 bits per heavy atom. The maximum absolute atomic E-state index is 9.81. The van der Waals surface area contributed by atoms with E-state index in [1.165, 1.54) is 12.3 Å². The van der Waals surface area contributed by atoms with Crippen molar-refractivity contribution in [3.63, 3.8) is 0 Å². The summed E-state index contributed by atoms with van der Waals surface area (Å²) < 4.78 is 11.0. The number of fused-ring (bicyclic) bond motifs is 1. The van der Waals surface area contributed by atoms with Crippen molar-refractivity contribution < 1.29 is 14.6 Å². The molecule has 18 heavy (non-hydrogen) atoms. The van der Waals surface area contributed by atoms with Crippen LogP contribution in [-0.4, -0.2) is 28.5 Å². The van der Waals surface area contributed by atoms with E-state index in [1.54, 1.807) is 0 Å². The Labute approximate surface area is 107 Å². The number of nitrogens with zero attached hydrogens (tertiary/aromatic N) is 1. The van der Waals surface area contributed by atoms with Crippen molar-refractivity contribution >= 4 is 17.4 Å². The zero-order valence-corrected chi connectivity index (χ0v) is 9.99. The maximum atomic E-state index is 9.81. The van der Waals surface area contributed by atoms with E-state index in [-0.39, 0.29) is 10.8 Å². The summed E-state index contributed by atoms with van der Waals surface area (Å²) in [5.74, 6) is 1.17. The smallest absolute Gasteiger partial charge is 0.171 e.